The van der Waals surface area contributed by atoms with Crippen LogP contribution in [0.4, 0.5) is 74.6 Å². The van der Waals surface area contributed by atoms with Crippen molar-refractivity contribution < 1.29 is 119 Å². The molecule has 0 aromatic carbocycles. The van der Waals surface area contributed by atoms with E-state index < -0.39 is 109 Å². The summed E-state index contributed by atoms with van der Waals surface area (Å²) in [5, 5.41) is 36.3. The lowest BCUT2D eigenvalue weighted by molar-refractivity contribution is -0.461. The van der Waals surface area contributed by atoms with E-state index in [9.17, 15) is 79.7 Å². The van der Waals surface area contributed by atoms with Gasteiger partial charge >= 0.3 is 64.8 Å². The standard InChI is InChI=1S/C15H15F17O4.H4O5P2/c16-8(17,2-1-6(36)7(3-33,4-34)5-35)9(18,19)10(20,21)11(22,23)12(24,25)13(26,27)14(28,29)15(30,31)32;1-6(2)5-7(3)4/h6,33-36H,1-5H2;1-4H. The number of hydrogen-bond acceptors (Lipinski definition) is 9. The van der Waals surface area contributed by atoms with Crippen molar-refractivity contribution in [3.63, 3.8) is 0 Å². The van der Waals surface area contributed by atoms with Gasteiger partial charge in [-0.15, -0.1) is 0 Å². The van der Waals surface area contributed by atoms with Gasteiger partial charge in [0.1, 0.15) is 0 Å². The molecule has 43 heavy (non-hydrogen) atoms. The van der Waals surface area contributed by atoms with E-state index in [-0.39, 0.29) is 0 Å². The van der Waals surface area contributed by atoms with E-state index in [1.54, 1.807) is 0 Å². The highest BCUT2D eigenvalue weighted by Crippen LogP contribution is 2.64. The third kappa shape index (κ3) is 8.37. The van der Waals surface area contributed by atoms with Crippen molar-refractivity contribution >= 4 is 17.2 Å². The maximum absolute atomic E-state index is 13.8. The first-order valence-corrected chi connectivity index (χ1v) is 12.3. The van der Waals surface area contributed by atoms with Crippen LogP contribution in [0.3, 0.4) is 0 Å². The zero-order valence-corrected chi connectivity index (χ0v) is 21.7. The molecule has 0 saturated heterocycles. The fraction of sp³-hybridized carbons (Fsp3) is 1.00. The van der Waals surface area contributed by atoms with Gasteiger partial charge in [-0.25, -0.2) is 4.31 Å². The minimum Gasteiger partial charge on any atom is -0.396 e. The summed E-state index contributed by atoms with van der Waals surface area (Å²) in [6, 6.07) is 0. The SMILES string of the molecule is OCC(CO)(CO)C(O)CCC(F)(F)C(F)(F)C(F)(F)C(F)(F)C(F)(F)C(F)(F)C(F)(F)C(F)(F)F.OP(O)OP(O)O. The Kier molecular flexibility index (Phi) is 14.9. The monoisotopic (exact) mass is 728 g/mol. The third-order valence-corrected chi connectivity index (χ3v) is 6.48. The summed E-state index contributed by atoms with van der Waals surface area (Å²) in [7, 11) is -5.22. The summed E-state index contributed by atoms with van der Waals surface area (Å²) in [6.07, 6.45) is -15.5. The molecule has 0 rings (SSSR count). The van der Waals surface area contributed by atoms with Gasteiger partial charge in [-0.1, -0.05) is 0 Å². The number of alkyl halides is 17. The molecule has 0 saturated carbocycles. The Balaban J connectivity index is 0. The Morgan fingerprint density at radius 2 is 0.767 bits per heavy atom. The van der Waals surface area contributed by atoms with E-state index in [1.165, 1.54) is 0 Å². The van der Waals surface area contributed by atoms with Gasteiger partial charge in [-0.3, -0.25) is 0 Å². The topological polar surface area (TPSA) is 171 Å². The van der Waals surface area contributed by atoms with E-state index in [1.807, 2.05) is 0 Å². The maximum Gasteiger partial charge on any atom is 0.460 e. The van der Waals surface area contributed by atoms with Crippen molar-refractivity contribution in [1.29, 1.82) is 0 Å². The predicted molar refractivity (Wildman–Crippen MR) is 103 cm³/mol. The maximum atomic E-state index is 13.8. The lowest BCUT2D eigenvalue weighted by Gasteiger charge is -2.43. The quantitative estimate of drug-likeness (QED) is 0.0929. The number of halogens is 17. The van der Waals surface area contributed by atoms with Crippen LogP contribution >= 0.6 is 17.2 Å². The molecule has 1 atom stereocenters. The van der Waals surface area contributed by atoms with Gasteiger partial charge in [-0.05, 0) is 6.42 Å². The Hall–Kier alpha value is -0.690. The van der Waals surface area contributed by atoms with Gasteiger partial charge in [-0.2, -0.15) is 74.6 Å². The zero-order valence-electron chi connectivity index (χ0n) is 19.9. The van der Waals surface area contributed by atoms with Crippen molar-refractivity contribution in [2.75, 3.05) is 19.8 Å². The molecule has 0 amide bonds. The lowest BCUT2D eigenvalue weighted by atomic mass is 9.80. The Labute approximate surface area is 229 Å². The van der Waals surface area contributed by atoms with Crippen molar-refractivity contribution in [3.8, 4) is 0 Å². The highest BCUT2D eigenvalue weighted by molar-refractivity contribution is 7.53. The molecule has 8 N–H and O–H groups in total. The largest absolute Gasteiger partial charge is 0.460 e. The third-order valence-electron chi connectivity index (χ3n) is 5.32. The highest BCUT2D eigenvalue weighted by atomic mass is 31.2. The van der Waals surface area contributed by atoms with E-state index >= 15 is 0 Å². The molecule has 0 spiro atoms. The minimum atomic E-state index is -8.73. The van der Waals surface area contributed by atoms with Crippen LogP contribution in [0.25, 0.3) is 0 Å². The highest BCUT2D eigenvalue weighted by Gasteiger charge is 2.95. The molecule has 0 radical (unpaired) electrons. The van der Waals surface area contributed by atoms with Gasteiger partial charge in [0.25, 0.3) is 0 Å². The first kappa shape index (κ1) is 44.4. The molecule has 0 aromatic rings. The van der Waals surface area contributed by atoms with Crippen LogP contribution in [0.1, 0.15) is 12.8 Å². The van der Waals surface area contributed by atoms with E-state index in [4.69, 9.17) is 34.9 Å². The molecule has 0 heterocycles. The molecule has 1 unspecified atom stereocenters. The normalized spacial score (nSPS) is 16.0. The van der Waals surface area contributed by atoms with Crippen LogP contribution < -0.4 is 0 Å². The second-order valence-electron chi connectivity index (χ2n) is 8.13. The second kappa shape index (κ2) is 14.4. The fourth-order valence-corrected chi connectivity index (χ4v) is 3.03. The van der Waals surface area contributed by atoms with Crippen molar-refractivity contribution in [2.45, 2.75) is 66.6 Å². The van der Waals surface area contributed by atoms with Gasteiger partial charge in [0.15, 0.2) is 0 Å². The smallest absolute Gasteiger partial charge is 0.396 e. The molecular formula is C15H19F17O9P2. The molecule has 0 aromatic heterocycles. The van der Waals surface area contributed by atoms with Crippen LogP contribution in [-0.4, -0.2) is 114 Å². The Morgan fingerprint density at radius 1 is 0.488 bits per heavy atom. The summed E-state index contributed by atoms with van der Waals surface area (Å²) in [5.74, 6) is -57.3. The van der Waals surface area contributed by atoms with Crippen LogP contribution in [0.2, 0.25) is 0 Å². The van der Waals surface area contributed by atoms with Gasteiger partial charge in [0.2, 0.25) is 0 Å². The fourth-order valence-electron chi connectivity index (χ4n) is 2.51. The molecular weight excluding hydrogens is 709 g/mol. The van der Waals surface area contributed by atoms with Crippen LogP contribution in [0.5, 0.6) is 0 Å². The summed E-state index contributed by atoms with van der Waals surface area (Å²) >= 11 is 0. The Bertz CT molecular complexity index is 856. The molecule has 262 valence electrons. The number of aliphatic hydroxyl groups excluding tert-OH is 4. The van der Waals surface area contributed by atoms with Crippen molar-refractivity contribution in [2.24, 2.45) is 5.41 Å². The van der Waals surface area contributed by atoms with Crippen LogP contribution in [0, 0.1) is 5.41 Å². The van der Waals surface area contributed by atoms with Crippen LogP contribution in [0.15, 0.2) is 0 Å². The number of hydrogen-bond donors (Lipinski definition) is 8. The van der Waals surface area contributed by atoms with Gasteiger partial charge in [0, 0.05) is 6.42 Å². The van der Waals surface area contributed by atoms with Crippen molar-refractivity contribution in [3.05, 3.63) is 0 Å². The van der Waals surface area contributed by atoms with Gasteiger partial charge < -0.3 is 40.0 Å². The first-order chi connectivity index (χ1) is 18.7. The number of rotatable bonds is 15. The summed E-state index contributed by atoms with van der Waals surface area (Å²) < 4.78 is 227. The summed E-state index contributed by atoms with van der Waals surface area (Å²) in [4.78, 5) is 31.3. The molecule has 0 bridgehead atoms. The van der Waals surface area contributed by atoms with Crippen LogP contribution in [-0.2, 0) is 4.31 Å². The molecule has 0 aliphatic carbocycles. The van der Waals surface area contributed by atoms with E-state index in [0.717, 1.165) is 0 Å². The minimum absolute atomic E-state index is 1.49. The molecule has 0 aliphatic heterocycles. The average molecular weight is 728 g/mol. The summed E-state index contributed by atoms with van der Waals surface area (Å²) in [5.41, 5.74) is -2.60. The molecule has 9 nitrogen and oxygen atoms in total. The Morgan fingerprint density at radius 3 is 1.00 bits per heavy atom. The average Bonchev–Trinajstić information content (AvgIpc) is 2.82. The molecule has 0 aliphatic rings. The van der Waals surface area contributed by atoms with Gasteiger partial charge in [0.05, 0.1) is 31.3 Å². The first-order valence-electron chi connectivity index (χ1n) is 9.95. The molecule has 0 fully saturated rings. The zero-order chi connectivity index (χ0) is 35.5. The number of aliphatic hydroxyl groups is 4. The van der Waals surface area contributed by atoms with Crippen molar-refractivity contribution in [1.82, 2.24) is 0 Å². The van der Waals surface area contributed by atoms with E-state index in [0.29, 0.717) is 0 Å². The molecule has 28 heteroatoms. The summed E-state index contributed by atoms with van der Waals surface area (Å²) in [6.45, 7) is -4.48. The second-order valence-corrected chi connectivity index (χ2v) is 9.79. The lowest BCUT2D eigenvalue weighted by Crippen LogP contribution is -2.74. The van der Waals surface area contributed by atoms with E-state index in [2.05, 4.69) is 4.31 Å². The predicted octanol–water partition coefficient (Wildman–Crippen LogP) is 3.53.